The van der Waals surface area contributed by atoms with E-state index in [1.165, 1.54) is 30.7 Å². The zero-order valence-electron chi connectivity index (χ0n) is 15.5. The monoisotopic (exact) mass is 440 g/mol. The standard InChI is InChI=1S/C8H20N.C6H6F8O3S/c1-5-9(6-2,7-3)8-4;7-3(1-2-4(8,9)10)5(11,12)6(13,14)18(15,16)17/h5-8H2,1-4H3;3H,1-2H2,(H,15,16,17)/q+1;. The van der Waals surface area contributed by atoms with E-state index in [0.717, 1.165) is 0 Å². The average Bonchev–Trinajstić information content (AvgIpc) is 2.54. The van der Waals surface area contributed by atoms with Crippen molar-refractivity contribution >= 4 is 10.1 Å². The number of quaternary nitrogens is 1. The van der Waals surface area contributed by atoms with Gasteiger partial charge in [-0.1, -0.05) is 0 Å². The van der Waals surface area contributed by atoms with Gasteiger partial charge in [-0.3, -0.25) is 4.55 Å². The first kappa shape index (κ1) is 28.5. The summed E-state index contributed by atoms with van der Waals surface area (Å²) in [6.07, 6.45) is -13.4. The van der Waals surface area contributed by atoms with Crippen LogP contribution in [0.15, 0.2) is 0 Å². The third kappa shape index (κ3) is 8.06. The fraction of sp³-hybridized carbons (Fsp3) is 1.00. The van der Waals surface area contributed by atoms with E-state index in [0.29, 0.717) is 0 Å². The van der Waals surface area contributed by atoms with Crippen LogP contribution < -0.4 is 0 Å². The summed E-state index contributed by atoms with van der Waals surface area (Å²) in [7, 11) is -6.66. The molecule has 0 aliphatic rings. The smallest absolute Gasteiger partial charge is 0.325 e. The Labute approximate surface area is 153 Å². The lowest BCUT2D eigenvalue weighted by atomic mass is 10.1. The van der Waals surface area contributed by atoms with Crippen molar-refractivity contribution in [2.75, 3.05) is 26.2 Å². The highest BCUT2D eigenvalue weighted by Crippen LogP contribution is 2.43. The first-order chi connectivity index (χ1) is 11.9. The van der Waals surface area contributed by atoms with Crippen molar-refractivity contribution in [3.63, 3.8) is 0 Å². The van der Waals surface area contributed by atoms with E-state index in [-0.39, 0.29) is 0 Å². The number of nitrogens with zero attached hydrogens (tertiary/aromatic N) is 1. The van der Waals surface area contributed by atoms with Crippen LogP contribution in [-0.2, 0) is 10.1 Å². The molecule has 0 aromatic heterocycles. The molecule has 27 heavy (non-hydrogen) atoms. The molecule has 0 spiro atoms. The molecule has 1 N–H and O–H groups in total. The molecule has 0 aliphatic heterocycles. The molecule has 0 aliphatic carbocycles. The van der Waals surface area contributed by atoms with E-state index >= 15 is 0 Å². The molecule has 0 radical (unpaired) electrons. The third-order valence-corrected chi connectivity index (χ3v) is 5.39. The second-order valence-electron chi connectivity index (χ2n) is 5.84. The van der Waals surface area contributed by atoms with Crippen LogP contribution in [0.5, 0.6) is 0 Å². The Morgan fingerprint density at radius 2 is 1.19 bits per heavy atom. The molecular weight excluding hydrogens is 414 g/mol. The van der Waals surface area contributed by atoms with Gasteiger partial charge in [-0.15, -0.1) is 0 Å². The van der Waals surface area contributed by atoms with Gasteiger partial charge in [0, 0.05) is 6.42 Å². The second kappa shape index (κ2) is 10.2. The van der Waals surface area contributed by atoms with E-state index in [1.54, 1.807) is 0 Å². The molecule has 0 aromatic carbocycles. The molecule has 0 heterocycles. The van der Waals surface area contributed by atoms with E-state index in [4.69, 9.17) is 4.55 Å². The maximum Gasteiger partial charge on any atom is 0.434 e. The van der Waals surface area contributed by atoms with Crippen LogP contribution in [-0.4, -0.2) is 67.2 Å². The van der Waals surface area contributed by atoms with Crippen LogP contribution in [0.1, 0.15) is 40.5 Å². The molecule has 1 unspecified atom stereocenters. The molecule has 0 fully saturated rings. The molecule has 0 bridgehead atoms. The molecule has 1 atom stereocenters. The molecular formula is C14H26F8NO3S+. The Morgan fingerprint density at radius 3 is 1.37 bits per heavy atom. The SMILES string of the molecule is CC[N+](CC)(CC)CC.O=S(=O)(O)C(F)(F)C(F)(F)C(F)CCC(F)(F)F. The summed E-state index contributed by atoms with van der Waals surface area (Å²) in [6.45, 7) is 14.2. The van der Waals surface area contributed by atoms with Gasteiger partial charge in [-0.25, -0.2) is 4.39 Å². The lowest BCUT2D eigenvalue weighted by molar-refractivity contribution is -0.921. The second-order valence-corrected chi connectivity index (χ2v) is 7.31. The first-order valence-corrected chi connectivity index (χ1v) is 9.60. The fourth-order valence-electron chi connectivity index (χ4n) is 2.17. The zero-order chi connectivity index (χ0) is 22.3. The molecule has 0 saturated heterocycles. The number of rotatable bonds is 9. The van der Waals surface area contributed by atoms with Gasteiger partial charge in [0.2, 0.25) is 0 Å². The van der Waals surface area contributed by atoms with Crippen LogP contribution in [0.4, 0.5) is 35.1 Å². The van der Waals surface area contributed by atoms with Gasteiger partial charge in [0.05, 0.1) is 26.2 Å². The van der Waals surface area contributed by atoms with E-state index in [2.05, 4.69) is 27.7 Å². The molecule has 0 aromatic rings. The minimum absolute atomic E-state index is 1.28. The Balaban J connectivity index is 0. The quantitative estimate of drug-likeness (QED) is 0.322. The van der Waals surface area contributed by atoms with Crippen molar-refractivity contribution < 1.29 is 52.6 Å². The average molecular weight is 440 g/mol. The predicted molar refractivity (Wildman–Crippen MR) is 84.1 cm³/mol. The summed E-state index contributed by atoms with van der Waals surface area (Å²) < 4.78 is 127. The van der Waals surface area contributed by atoms with Gasteiger partial charge in [0.15, 0.2) is 6.17 Å². The van der Waals surface area contributed by atoms with Crippen LogP contribution in [0.3, 0.4) is 0 Å². The summed E-state index contributed by atoms with van der Waals surface area (Å²) in [5.41, 5.74) is 0. The van der Waals surface area contributed by atoms with Crippen molar-refractivity contribution in [2.24, 2.45) is 0 Å². The van der Waals surface area contributed by atoms with Gasteiger partial charge in [-0.2, -0.15) is 39.2 Å². The van der Waals surface area contributed by atoms with Gasteiger partial charge < -0.3 is 4.48 Å². The van der Waals surface area contributed by atoms with E-state index < -0.39 is 46.5 Å². The van der Waals surface area contributed by atoms with Crippen LogP contribution in [0.2, 0.25) is 0 Å². The highest BCUT2D eigenvalue weighted by atomic mass is 32.2. The Morgan fingerprint density at radius 1 is 0.852 bits per heavy atom. The largest absolute Gasteiger partial charge is 0.434 e. The van der Waals surface area contributed by atoms with Crippen molar-refractivity contribution in [3.05, 3.63) is 0 Å². The van der Waals surface area contributed by atoms with Crippen LogP contribution >= 0.6 is 0 Å². The maximum atomic E-state index is 12.6. The Kier molecular flexibility index (Phi) is 10.8. The summed E-state index contributed by atoms with van der Waals surface area (Å²) in [4.78, 5) is 0. The molecule has 0 amide bonds. The number of hydrogen-bond donors (Lipinski definition) is 1. The van der Waals surface area contributed by atoms with Crippen molar-refractivity contribution in [2.45, 2.75) is 64.1 Å². The lowest BCUT2D eigenvalue weighted by Crippen LogP contribution is -2.52. The number of alkyl halides is 8. The summed E-state index contributed by atoms with van der Waals surface area (Å²) in [5, 5.41) is -6.22. The highest BCUT2D eigenvalue weighted by Gasteiger charge is 2.69. The molecule has 0 saturated carbocycles. The topological polar surface area (TPSA) is 54.4 Å². The summed E-state index contributed by atoms with van der Waals surface area (Å²) in [5.74, 6) is -5.98. The first-order valence-electron chi connectivity index (χ1n) is 8.15. The maximum absolute atomic E-state index is 12.6. The molecule has 13 heteroatoms. The summed E-state index contributed by atoms with van der Waals surface area (Å²) >= 11 is 0. The van der Waals surface area contributed by atoms with Gasteiger partial charge >= 0.3 is 27.5 Å². The van der Waals surface area contributed by atoms with Gasteiger partial charge in [0.1, 0.15) is 0 Å². The summed E-state index contributed by atoms with van der Waals surface area (Å²) in [6, 6.07) is 0. The Bertz CT molecular complexity index is 515. The fourth-order valence-corrected chi connectivity index (χ4v) is 2.64. The van der Waals surface area contributed by atoms with Crippen molar-refractivity contribution in [1.29, 1.82) is 0 Å². The number of hydrogen-bond acceptors (Lipinski definition) is 2. The number of halogens is 8. The minimum Gasteiger partial charge on any atom is -0.325 e. The Hall–Kier alpha value is -0.690. The lowest BCUT2D eigenvalue weighted by Gasteiger charge is -2.34. The minimum atomic E-state index is -6.66. The van der Waals surface area contributed by atoms with Crippen LogP contribution in [0, 0.1) is 0 Å². The highest BCUT2D eigenvalue weighted by molar-refractivity contribution is 7.87. The molecule has 4 nitrogen and oxygen atoms in total. The van der Waals surface area contributed by atoms with E-state index in [9.17, 15) is 43.5 Å². The molecule has 0 rings (SSSR count). The van der Waals surface area contributed by atoms with E-state index in [1.807, 2.05) is 0 Å². The van der Waals surface area contributed by atoms with Crippen molar-refractivity contribution in [3.8, 4) is 0 Å². The van der Waals surface area contributed by atoms with Crippen molar-refractivity contribution in [1.82, 2.24) is 0 Å². The molecule has 166 valence electrons. The third-order valence-electron chi connectivity index (χ3n) is 4.47. The van der Waals surface area contributed by atoms with Crippen LogP contribution in [0.25, 0.3) is 0 Å². The normalized spacial score (nSPS) is 15.1. The predicted octanol–water partition coefficient (Wildman–Crippen LogP) is 4.67. The zero-order valence-corrected chi connectivity index (χ0v) is 16.3. The van der Waals surface area contributed by atoms with Gasteiger partial charge in [0.25, 0.3) is 0 Å². The van der Waals surface area contributed by atoms with Gasteiger partial charge in [-0.05, 0) is 34.1 Å².